The highest BCUT2D eigenvalue weighted by molar-refractivity contribution is 5.38. The van der Waals surface area contributed by atoms with E-state index < -0.39 is 6.10 Å². The standard InChI is InChI=1S/C17H19NO3/c1-11(2)21-16-6-14(7-18-8-16)17(19)12-3-4-13-9-20-10-15(13)5-12/h3-8,11,17,19H,9-10H2,1-2H3. The molecule has 4 heteroatoms. The first-order valence-electron chi connectivity index (χ1n) is 7.12. The van der Waals surface area contributed by atoms with E-state index in [1.54, 1.807) is 12.4 Å². The van der Waals surface area contributed by atoms with Gasteiger partial charge < -0.3 is 14.6 Å². The van der Waals surface area contributed by atoms with Crippen molar-refractivity contribution in [2.45, 2.75) is 39.3 Å². The van der Waals surface area contributed by atoms with Gasteiger partial charge in [-0.25, -0.2) is 0 Å². The fraction of sp³-hybridized carbons (Fsp3) is 0.353. The van der Waals surface area contributed by atoms with E-state index in [0.29, 0.717) is 19.0 Å². The second-order valence-electron chi connectivity index (χ2n) is 5.54. The molecule has 3 rings (SSSR count). The smallest absolute Gasteiger partial charge is 0.138 e. The van der Waals surface area contributed by atoms with Gasteiger partial charge in [-0.1, -0.05) is 18.2 Å². The Labute approximate surface area is 124 Å². The van der Waals surface area contributed by atoms with Crippen LogP contribution in [0.2, 0.25) is 0 Å². The van der Waals surface area contributed by atoms with Crippen molar-refractivity contribution in [2.75, 3.05) is 0 Å². The highest BCUT2D eigenvalue weighted by Gasteiger charge is 2.17. The molecule has 0 spiro atoms. The molecule has 0 fully saturated rings. The number of ether oxygens (including phenoxy) is 2. The number of rotatable bonds is 4. The van der Waals surface area contributed by atoms with Crippen molar-refractivity contribution < 1.29 is 14.6 Å². The first-order chi connectivity index (χ1) is 10.1. The number of aliphatic hydroxyl groups excluding tert-OH is 1. The van der Waals surface area contributed by atoms with Gasteiger partial charge in [0.05, 0.1) is 25.5 Å². The van der Waals surface area contributed by atoms with Crippen molar-refractivity contribution in [3.05, 3.63) is 58.9 Å². The molecule has 1 aliphatic heterocycles. The fourth-order valence-corrected chi connectivity index (χ4v) is 2.48. The number of nitrogens with zero attached hydrogens (tertiary/aromatic N) is 1. The van der Waals surface area contributed by atoms with Crippen LogP contribution in [-0.2, 0) is 18.0 Å². The summed E-state index contributed by atoms with van der Waals surface area (Å²) < 4.78 is 11.0. The predicted octanol–water partition coefficient (Wildman–Crippen LogP) is 2.98. The van der Waals surface area contributed by atoms with Gasteiger partial charge in [0.15, 0.2) is 0 Å². The number of aliphatic hydroxyl groups is 1. The molecule has 21 heavy (non-hydrogen) atoms. The molecule has 2 heterocycles. The molecule has 1 aromatic heterocycles. The molecule has 0 bridgehead atoms. The van der Waals surface area contributed by atoms with Gasteiger partial charge in [0, 0.05) is 11.8 Å². The van der Waals surface area contributed by atoms with Crippen LogP contribution < -0.4 is 4.74 Å². The lowest BCUT2D eigenvalue weighted by molar-refractivity contribution is 0.134. The van der Waals surface area contributed by atoms with Crippen LogP contribution in [0, 0.1) is 0 Å². The second-order valence-corrected chi connectivity index (χ2v) is 5.54. The summed E-state index contributed by atoms with van der Waals surface area (Å²) in [7, 11) is 0. The molecular formula is C17H19NO3. The molecule has 4 nitrogen and oxygen atoms in total. The second kappa shape index (κ2) is 5.84. The van der Waals surface area contributed by atoms with Crippen molar-refractivity contribution in [2.24, 2.45) is 0 Å². The maximum Gasteiger partial charge on any atom is 0.138 e. The number of aromatic nitrogens is 1. The van der Waals surface area contributed by atoms with E-state index in [1.807, 2.05) is 38.1 Å². The van der Waals surface area contributed by atoms with Crippen LogP contribution in [0.4, 0.5) is 0 Å². The molecule has 1 N–H and O–H groups in total. The van der Waals surface area contributed by atoms with E-state index in [1.165, 1.54) is 5.56 Å². The number of pyridine rings is 1. The molecule has 0 aliphatic carbocycles. The molecule has 110 valence electrons. The normalized spacial score (nSPS) is 15.0. The van der Waals surface area contributed by atoms with Crippen LogP contribution in [0.15, 0.2) is 36.7 Å². The average molecular weight is 285 g/mol. The third kappa shape index (κ3) is 3.06. The molecule has 0 saturated heterocycles. The lowest BCUT2D eigenvalue weighted by Gasteiger charge is -2.15. The van der Waals surface area contributed by atoms with Gasteiger partial charge in [-0.15, -0.1) is 0 Å². The van der Waals surface area contributed by atoms with Gasteiger partial charge in [-0.05, 0) is 36.6 Å². The Balaban J connectivity index is 1.86. The number of hydrogen-bond acceptors (Lipinski definition) is 4. The first-order valence-corrected chi connectivity index (χ1v) is 7.12. The van der Waals surface area contributed by atoms with Gasteiger partial charge >= 0.3 is 0 Å². The summed E-state index contributed by atoms with van der Waals surface area (Å²) in [5.41, 5.74) is 3.92. The SMILES string of the molecule is CC(C)Oc1cncc(C(O)c2ccc3c(c2)COC3)c1. The number of hydrogen-bond donors (Lipinski definition) is 1. The van der Waals surface area contributed by atoms with Crippen molar-refractivity contribution >= 4 is 0 Å². The van der Waals surface area contributed by atoms with Crippen molar-refractivity contribution in [1.82, 2.24) is 4.98 Å². The lowest BCUT2D eigenvalue weighted by Crippen LogP contribution is -2.07. The van der Waals surface area contributed by atoms with Crippen LogP contribution in [0.5, 0.6) is 5.75 Å². The maximum atomic E-state index is 10.5. The lowest BCUT2D eigenvalue weighted by atomic mass is 9.99. The average Bonchev–Trinajstić information content (AvgIpc) is 2.93. The number of benzene rings is 1. The topological polar surface area (TPSA) is 51.6 Å². The summed E-state index contributed by atoms with van der Waals surface area (Å²) in [5, 5.41) is 10.5. The van der Waals surface area contributed by atoms with Gasteiger partial charge in [0.2, 0.25) is 0 Å². The highest BCUT2D eigenvalue weighted by atomic mass is 16.5. The summed E-state index contributed by atoms with van der Waals surface area (Å²) >= 11 is 0. The zero-order valence-corrected chi connectivity index (χ0v) is 12.2. The molecule has 0 amide bonds. The quantitative estimate of drug-likeness (QED) is 0.938. The van der Waals surface area contributed by atoms with Gasteiger partial charge in [-0.3, -0.25) is 4.98 Å². The van der Waals surface area contributed by atoms with E-state index in [0.717, 1.165) is 16.7 Å². The highest BCUT2D eigenvalue weighted by Crippen LogP contribution is 2.28. The molecule has 0 radical (unpaired) electrons. The van der Waals surface area contributed by atoms with Gasteiger partial charge in [0.1, 0.15) is 11.9 Å². The van der Waals surface area contributed by atoms with Crippen molar-refractivity contribution in [3.8, 4) is 5.75 Å². The monoisotopic (exact) mass is 285 g/mol. The summed E-state index contributed by atoms with van der Waals surface area (Å²) in [5.74, 6) is 0.672. The van der Waals surface area contributed by atoms with Gasteiger partial charge in [-0.2, -0.15) is 0 Å². The third-order valence-electron chi connectivity index (χ3n) is 3.48. The van der Waals surface area contributed by atoms with Gasteiger partial charge in [0.25, 0.3) is 0 Å². The molecular weight excluding hydrogens is 266 g/mol. The molecule has 1 aliphatic rings. The minimum Gasteiger partial charge on any atom is -0.489 e. The fourth-order valence-electron chi connectivity index (χ4n) is 2.48. The largest absolute Gasteiger partial charge is 0.489 e. The number of fused-ring (bicyclic) bond motifs is 1. The molecule has 1 atom stereocenters. The predicted molar refractivity (Wildman–Crippen MR) is 79.0 cm³/mol. The minimum atomic E-state index is -0.709. The minimum absolute atomic E-state index is 0.0799. The summed E-state index contributed by atoms with van der Waals surface area (Å²) in [6.45, 7) is 5.20. The summed E-state index contributed by atoms with van der Waals surface area (Å²) in [4.78, 5) is 4.15. The Hall–Kier alpha value is -1.91. The van der Waals surface area contributed by atoms with Crippen LogP contribution in [0.25, 0.3) is 0 Å². The zero-order chi connectivity index (χ0) is 14.8. The maximum absolute atomic E-state index is 10.5. The molecule has 1 aromatic carbocycles. The summed E-state index contributed by atoms with van der Waals surface area (Å²) in [6.07, 6.45) is 2.70. The van der Waals surface area contributed by atoms with E-state index in [-0.39, 0.29) is 6.10 Å². The van der Waals surface area contributed by atoms with Crippen molar-refractivity contribution in [3.63, 3.8) is 0 Å². The van der Waals surface area contributed by atoms with Crippen LogP contribution >= 0.6 is 0 Å². The van der Waals surface area contributed by atoms with E-state index in [2.05, 4.69) is 4.98 Å². The first kappa shape index (κ1) is 14.0. The van der Waals surface area contributed by atoms with E-state index in [4.69, 9.17) is 9.47 Å². The Morgan fingerprint density at radius 3 is 2.71 bits per heavy atom. The van der Waals surface area contributed by atoms with Crippen LogP contribution in [0.3, 0.4) is 0 Å². The Morgan fingerprint density at radius 2 is 1.90 bits per heavy atom. The molecule has 0 saturated carbocycles. The molecule has 2 aromatic rings. The Kier molecular flexibility index (Phi) is 3.90. The Morgan fingerprint density at radius 1 is 1.10 bits per heavy atom. The molecule has 1 unspecified atom stereocenters. The van der Waals surface area contributed by atoms with Crippen molar-refractivity contribution in [1.29, 1.82) is 0 Å². The van der Waals surface area contributed by atoms with Crippen LogP contribution in [-0.4, -0.2) is 16.2 Å². The Bertz CT molecular complexity index is 640. The summed E-state index contributed by atoms with van der Waals surface area (Å²) in [6, 6.07) is 7.79. The van der Waals surface area contributed by atoms with E-state index >= 15 is 0 Å². The third-order valence-corrected chi connectivity index (χ3v) is 3.48. The van der Waals surface area contributed by atoms with E-state index in [9.17, 15) is 5.11 Å². The zero-order valence-electron chi connectivity index (χ0n) is 12.2. The van der Waals surface area contributed by atoms with Crippen LogP contribution in [0.1, 0.15) is 42.2 Å².